The van der Waals surface area contributed by atoms with Gasteiger partial charge in [0.2, 0.25) is 5.88 Å². The molecule has 7 rings (SSSR count). The molecule has 0 atom stereocenters. The van der Waals surface area contributed by atoms with E-state index < -0.39 is 11.9 Å². The van der Waals surface area contributed by atoms with Crippen LogP contribution in [0.15, 0.2) is 47.7 Å². The number of fused-ring (bicyclic) bond motifs is 1. The maximum Gasteiger partial charge on any atom is 0.435 e. The van der Waals surface area contributed by atoms with Crippen molar-refractivity contribution in [3.05, 3.63) is 76.0 Å². The predicted octanol–water partition coefficient (Wildman–Crippen LogP) is 4.60. The number of rotatable bonds is 7. The van der Waals surface area contributed by atoms with Gasteiger partial charge in [-0.2, -0.15) is 18.3 Å². The second-order valence-corrected chi connectivity index (χ2v) is 10.6. The quantitative estimate of drug-likeness (QED) is 0.285. The second kappa shape index (κ2) is 9.25. The minimum absolute atomic E-state index is 0.0792. The van der Waals surface area contributed by atoms with Gasteiger partial charge < -0.3 is 4.74 Å². The Bertz CT molecular complexity index is 1850. The minimum atomic E-state index is -4.51. The summed E-state index contributed by atoms with van der Waals surface area (Å²) in [5.41, 5.74) is 3.15. The highest BCUT2D eigenvalue weighted by molar-refractivity contribution is 5.75. The van der Waals surface area contributed by atoms with E-state index in [9.17, 15) is 18.0 Å². The van der Waals surface area contributed by atoms with Crippen LogP contribution in [0.25, 0.3) is 28.2 Å². The van der Waals surface area contributed by atoms with Gasteiger partial charge in [-0.15, -0.1) is 0 Å². The lowest BCUT2D eigenvalue weighted by Gasteiger charge is -2.11. The van der Waals surface area contributed by atoms with Crippen molar-refractivity contribution in [1.29, 1.82) is 0 Å². The van der Waals surface area contributed by atoms with Crippen LogP contribution in [0.3, 0.4) is 0 Å². The number of hydrogen-bond donors (Lipinski definition) is 0. The molecule has 1 aromatic carbocycles. The number of ether oxygens (including phenoxy) is 1. The Morgan fingerprint density at radius 2 is 1.76 bits per heavy atom. The summed E-state index contributed by atoms with van der Waals surface area (Å²) in [6.07, 6.45) is 2.28. The lowest BCUT2D eigenvalue weighted by Crippen LogP contribution is -2.22. The van der Waals surface area contributed by atoms with Gasteiger partial charge in [0, 0.05) is 24.6 Å². The second-order valence-electron chi connectivity index (χ2n) is 10.6. The normalized spacial score (nSPS) is 15.5. The zero-order valence-corrected chi connectivity index (χ0v) is 22.3. The van der Waals surface area contributed by atoms with Crippen molar-refractivity contribution in [2.24, 2.45) is 7.05 Å². The molecule has 0 amide bonds. The molecular formula is C28H25F3N8O2. The molecule has 2 saturated carbocycles. The highest BCUT2D eigenvalue weighted by Gasteiger charge is 2.38. The van der Waals surface area contributed by atoms with Crippen molar-refractivity contribution in [2.75, 3.05) is 7.11 Å². The first kappa shape index (κ1) is 25.4. The number of benzene rings is 1. The van der Waals surface area contributed by atoms with Crippen molar-refractivity contribution in [1.82, 2.24) is 38.9 Å². The molecule has 0 unspecified atom stereocenters. The summed E-state index contributed by atoms with van der Waals surface area (Å²) in [5.74, 6) is 1.12. The van der Waals surface area contributed by atoms with E-state index in [2.05, 4.69) is 20.1 Å². The first-order valence-electron chi connectivity index (χ1n) is 13.3. The number of aryl methyl sites for hydroxylation is 1. The standard InChI is InChI=1S/C28H25F3N8O2/c1-37-20-12-32-24(22-23(17-7-8-17)33-14-34-26(22)41-2)35-25(20)38(27(37)40)13-15-3-9-18(10-4-15)39-19(16-5-6-16)11-21(36-39)28(29,30)31/h3-4,9-12,14,16-17H,5-8,13H2,1-2H3. The van der Waals surface area contributed by atoms with Crippen LogP contribution in [-0.4, -0.2) is 46.0 Å². The molecule has 10 nitrogen and oxygen atoms in total. The van der Waals surface area contributed by atoms with Crippen LogP contribution in [-0.2, 0) is 19.8 Å². The van der Waals surface area contributed by atoms with Crippen LogP contribution in [0.2, 0.25) is 0 Å². The largest absolute Gasteiger partial charge is 0.480 e. The average Bonchev–Trinajstić information content (AvgIpc) is 3.91. The smallest absolute Gasteiger partial charge is 0.435 e. The Kier molecular flexibility index (Phi) is 5.73. The topological polar surface area (TPSA) is 106 Å². The first-order valence-corrected chi connectivity index (χ1v) is 13.3. The van der Waals surface area contributed by atoms with Crippen molar-refractivity contribution in [2.45, 2.75) is 50.2 Å². The Balaban J connectivity index is 1.25. The summed E-state index contributed by atoms with van der Waals surface area (Å²) in [6.45, 7) is 0.202. The van der Waals surface area contributed by atoms with Gasteiger partial charge in [-0.3, -0.25) is 9.13 Å². The highest BCUT2D eigenvalue weighted by atomic mass is 19.4. The molecule has 2 aliphatic rings. The maximum atomic E-state index is 13.4. The molecule has 0 aliphatic heterocycles. The number of alkyl halides is 3. The van der Waals surface area contributed by atoms with Crippen molar-refractivity contribution in [3.8, 4) is 23.0 Å². The zero-order chi connectivity index (χ0) is 28.5. The van der Waals surface area contributed by atoms with Gasteiger partial charge in [-0.1, -0.05) is 12.1 Å². The molecule has 4 aromatic heterocycles. The van der Waals surface area contributed by atoms with Crippen LogP contribution in [0.4, 0.5) is 13.2 Å². The maximum absolute atomic E-state index is 13.4. The van der Waals surface area contributed by atoms with Crippen molar-refractivity contribution >= 4 is 11.2 Å². The van der Waals surface area contributed by atoms with Gasteiger partial charge in [-0.25, -0.2) is 29.4 Å². The summed E-state index contributed by atoms with van der Waals surface area (Å²) in [7, 11) is 3.19. The molecule has 4 heterocycles. The predicted molar refractivity (Wildman–Crippen MR) is 142 cm³/mol. The molecule has 2 aliphatic carbocycles. The van der Waals surface area contributed by atoms with E-state index >= 15 is 0 Å². The van der Waals surface area contributed by atoms with Gasteiger partial charge in [-0.05, 0) is 49.4 Å². The Hall–Kier alpha value is -4.55. The van der Waals surface area contributed by atoms with Gasteiger partial charge in [0.15, 0.2) is 17.2 Å². The third-order valence-corrected chi connectivity index (χ3v) is 7.65. The number of hydrogen-bond acceptors (Lipinski definition) is 7. The number of imidazole rings is 1. The van der Waals surface area contributed by atoms with Crippen LogP contribution >= 0.6 is 0 Å². The van der Waals surface area contributed by atoms with E-state index in [1.807, 2.05) is 0 Å². The monoisotopic (exact) mass is 562 g/mol. The van der Waals surface area contributed by atoms with Crippen molar-refractivity contribution in [3.63, 3.8) is 0 Å². The molecule has 41 heavy (non-hydrogen) atoms. The van der Waals surface area contributed by atoms with Crippen LogP contribution in [0.1, 0.15) is 60.2 Å². The number of methoxy groups -OCH3 is 1. The third-order valence-electron chi connectivity index (χ3n) is 7.65. The average molecular weight is 563 g/mol. The summed E-state index contributed by atoms with van der Waals surface area (Å²) in [6, 6.07) is 8.15. The fourth-order valence-electron chi connectivity index (χ4n) is 5.19. The first-order chi connectivity index (χ1) is 19.7. The van der Waals surface area contributed by atoms with E-state index in [0.717, 1.165) is 43.0 Å². The fraction of sp³-hybridized carbons (Fsp3) is 0.357. The molecule has 0 saturated heterocycles. The van der Waals surface area contributed by atoms with E-state index in [1.165, 1.54) is 22.7 Å². The highest BCUT2D eigenvalue weighted by Crippen LogP contribution is 2.45. The number of aromatic nitrogens is 8. The molecule has 0 spiro atoms. The fourth-order valence-corrected chi connectivity index (χ4v) is 5.19. The lowest BCUT2D eigenvalue weighted by atomic mass is 10.1. The molecule has 0 N–H and O–H groups in total. The molecule has 0 radical (unpaired) electrons. The third kappa shape index (κ3) is 4.45. The summed E-state index contributed by atoms with van der Waals surface area (Å²) in [4.78, 5) is 31.3. The summed E-state index contributed by atoms with van der Waals surface area (Å²) in [5, 5.41) is 3.86. The zero-order valence-electron chi connectivity index (χ0n) is 22.3. The Morgan fingerprint density at radius 1 is 1.02 bits per heavy atom. The van der Waals surface area contributed by atoms with E-state index in [0.29, 0.717) is 45.7 Å². The van der Waals surface area contributed by atoms with Crippen molar-refractivity contribution < 1.29 is 17.9 Å². The van der Waals surface area contributed by atoms with Gasteiger partial charge in [0.25, 0.3) is 0 Å². The number of nitrogens with zero attached hydrogens (tertiary/aromatic N) is 8. The van der Waals surface area contributed by atoms with Gasteiger partial charge in [0.05, 0.1) is 31.2 Å². The lowest BCUT2D eigenvalue weighted by molar-refractivity contribution is -0.141. The van der Waals surface area contributed by atoms with E-state index in [4.69, 9.17) is 9.72 Å². The minimum Gasteiger partial charge on any atom is -0.480 e. The summed E-state index contributed by atoms with van der Waals surface area (Å²) >= 11 is 0. The Labute approximate surface area is 231 Å². The van der Waals surface area contributed by atoms with Gasteiger partial charge >= 0.3 is 11.9 Å². The molecular weight excluding hydrogens is 537 g/mol. The Morgan fingerprint density at radius 3 is 2.41 bits per heavy atom. The molecule has 2 fully saturated rings. The molecule has 210 valence electrons. The van der Waals surface area contributed by atoms with Crippen LogP contribution in [0.5, 0.6) is 5.88 Å². The number of halogens is 3. The molecule has 5 aromatic rings. The SMILES string of the molecule is COc1ncnc(C2CC2)c1-c1ncc2c(n1)n(Cc1ccc(-n3nc(C(F)(F)F)cc3C3CC3)cc1)c(=O)n2C. The van der Waals surface area contributed by atoms with Gasteiger partial charge in [0.1, 0.15) is 17.4 Å². The van der Waals surface area contributed by atoms with Crippen LogP contribution in [0, 0.1) is 0 Å². The molecule has 0 bridgehead atoms. The van der Waals surface area contributed by atoms with Crippen LogP contribution < -0.4 is 10.4 Å². The molecule has 13 heteroatoms. The van der Waals surface area contributed by atoms with E-state index in [1.54, 1.807) is 42.1 Å². The summed E-state index contributed by atoms with van der Waals surface area (Å²) < 4.78 is 50.0. The van der Waals surface area contributed by atoms with E-state index in [-0.39, 0.29) is 18.2 Å².